The molecular weight excluding hydrogens is 252 g/mol. The Kier molecular flexibility index (Phi) is 4.91. The molecular formula is C16H18N2O2. The minimum absolute atomic E-state index is 0.0888. The summed E-state index contributed by atoms with van der Waals surface area (Å²) in [4.78, 5) is 25.4. The van der Waals surface area contributed by atoms with Gasteiger partial charge in [0, 0.05) is 18.4 Å². The lowest BCUT2D eigenvalue weighted by atomic mass is 10.1. The third-order valence-electron chi connectivity index (χ3n) is 3.30. The first-order valence-corrected chi connectivity index (χ1v) is 6.82. The van der Waals surface area contributed by atoms with E-state index in [4.69, 9.17) is 5.73 Å². The summed E-state index contributed by atoms with van der Waals surface area (Å²) in [5, 5.41) is 0. The summed E-state index contributed by atoms with van der Waals surface area (Å²) in [6.07, 6.45) is 2.47. The third-order valence-corrected chi connectivity index (χ3v) is 3.30. The second-order valence-electron chi connectivity index (χ2n) is 4.74. The van der Waals surface area contributed by atoms with E-state index in [-0.39, 0.29) is 18.4 Å². The van der Waals surface area contributed by atoms with Crippen LogP contribution in [0.4, 0.5) is 0 Å². The standard InChI is InChI=1S/C16H18N2O2/c17-11-5-8-13-6-1-2-7-14(13)12-18-15(19)9-3-4-10-16(18)20/h1-2,6-7H,3-4,9-12,17H2. The number of nitrogens with two attached hydrogens (primary N) is 1. The predicted molar refractivity (Wildman–Crippen MR) is 76.4 cm³/mol. The molecule has 1 fully saturated rings. The zero-order valence-electron chi connectivity index (χ0n) is 11.4. The number of benzene rings is 1. The summed E-state index contributed by atoms with van der Waals surface area (Å²) in [6.45, 7) is 0.586. The number of carbonyl (C=O) groups is 2. The Balaban J connectivity index is 2.24. The molecule has 1 saturated heterocycles. The summed E-state index contributed by atoms with van der Waals surface area (Å²) in [5.41, 5.74) is 7.09. The van der Waals surface area contributed by atoms with E-state index in [1.807, 2.05) is 24.3 Å². The smallest absolute Gasteiger partial charge is 0.229 e. The number of nitrogens with zero attached hydrogens (tertiary/aromatic N) is 1. The highest BCUT2D eigenvalue weighted by atomic mass is 16.2. The molecule has 2 rings (SSSR count). The summed E-state index contributed by atoms with van der Waals surface area (Å²) in [5.74, 6) is 5.61. The molecule has 0 aliphatic carbocycles. The molecule has 2 N–H and O–H groups in total. The molecule has 1 aliphatic heterocycles. The maximum Gasteiger partial charge on any atom is 0.229 e. The minimum Gasteiger partial charge on any atom is -0.320 e. The lowest BCUT2D eigenvalue weighted by molar-refractivity contribution is -0.144. The second-order valence-corrected chi connectivity index (χ2v) is 4.74. The van der Waals surface area contributed by atoms with E-state index < -0.39 is 0 Å². The molecule has 0 atom stereocenters. The fourth-order valence-electron chi connectivity index (χ4n) is 2.23. The van der Waals surface area contributed by atoms with Crippen LogP contribution in [0, 0.1) is 11.8 Å². The van der Waals surface area contributed by atoms with Gasteiger partial charge in [-0.15, -0.1) is 0 Å². The molecule has 0 unspecified atom stereocenters. The Morgan fingerprint density at radius 3 is 2.40 bits per heavy atom. The van der Waals surface area contributed by atoms with Crippen molar-refractivity contribution in [2.45, 2.75) is 32.2 Å². The molecule has 1 aliphatic rings. The zero-order valence-corrected chi connectivity index (χ0v) is 11.4. The fourth-order valence-corrected chi connectivity index (χ4v) is 2.23. The minimum atomic E-state index is -0.0888. The average molecular weight is 270 g/mol. The molecule has 0 bridgehead atoms. The maximum atomic E-state index is 12.0. The number of rotatable bonds is 2. The third kappa shape index (κ3) is 3.46. The van der Waals surface area contributed by atoms with Crippen molar-refractivity contribution in [3.05, 3.63) is 35.4 Å². The van der Waals surface area contributed by atoms with Crippen LogP contribution in [0.5, 0.6) is 0 Å². The Morgan fingerprint density at radius 1 is 1.10 bits per heavy atom. The van der Waals surface area contributed by atoms with Crippen molar-refractivity contribution in [3.8, 4) is 11.8 Å². The largest absolute Gasteiger partial charge is 0.320 e. The molecule has 0 aromatic heterocycles. The molecule has 0 spiro atoms. The van der Waals surface area contributed by atoms with Gasteiger partial charge in [0.15, 0.2) is 0 Å². The Morgan fingerprint density at radius 2 is 1.75 bits per heavy atom. The first kappa shape index (κ1) is 14.3. The molecule has 4 nitrogen and oxygen atoms in total. The van der Waals surface area contributed by atoms with Crippen LogP contribution >= 0.6 is 0 Å². The van der Waals surface area contributed by atoms with Crippen molar-refractivity contribution in [2.24, 2.45) is 5.73 Å². The van der Waals surface area contributed by atoms with Gasteiger partial charge in [-0.25, -0.2) is 0 Å². The molecule has 2 amide bonds. The molecule has 0 radical (unpaired) electrons. The van der Waals surface area contributed by atoms with Crippen LogP contribution in [0.25, 0.3) is 0 Å². The quantitative estimate of drug-likeness (QED) is 0.653. The van der Waals surface area contributed by atoms with E-state index in [0.29, 0.717) is 19.4 Å². The van der Waals surface area contributed by atoms with Crippen LogP contribution in [-0.4, -0.2) is 23.3 Å². The molecule has 1 aromatic rings. The van der Waals surface area contributed by atoms with E-state index >= 15 is 0 Å². The number of imide groups is 1. The van der Waals surface area contributed by atoms with Crippen molar-refractivity contribution in [1.82, 2.24) is 4.90 Å². The molecule has 1 aromatic carbocycles. The van der Waals surface area contributed by atoms with Crippen LogP contribution < -0.4 is 5.73 Å². The molecule has 1 heterocycles. The van der Waals surface area contributed by atoms with Crippen molar-refractivity contribution in [1.29, 1.82) is 0 Å². The van der Waals surface area contributed by atoms with Crippen molar-refractivity contribution in [2.75, 3.05) is 6.54 Å². The Hall–Kier alpha value is -2.12. The predicted octanol–water partition coefficient (Wildman–Crippen LogP) is 1.43. The SMILES string of the molecule is NCC#Cc1ccccc1CN1C(=O)CCCCC1=O. The molecule has 20 heavy (non-hydrogen) atoms. The number of likely N-dealkylation sites (tertiary alicyclic amines) is 1. The highest BCUT2D eigenvalue weighted by molar-refractivity contribution is 5.96. The normalized spacial score (nSPS) is 15.6. The number of amides is 2. The van der Waals surface area contributed by atoms with E-state index in [1.54, 1.807) is 0 Å². The molecule has 104 valence electrons. The van der Waals surface area contributed by atoms with E-state index in [2.05, 4.69) is 11.8 Å². The van der Waals surface area contributed by atoms with E-state index in [1.165, 1.54) is 4.90 Å². The van der Waals surface area contributed by atoms with Crippen molar-refractivity contribution >= 4 is 11.8 Å². The van der Waals surface area contributed by atoms with Crippen molar-refractivity contribution < 1.29 is 9.59 Å². The Bertz CT molecular complexity index is 551. The van der Waals surface area contributed by atoms with E-state index in [9.17, 15) is 9.59 Å². The lowest BCUT2D eigenvalue weighted by Crippen LogP contribution is -2.34. The average Bonchev–Trinajstić information content (AvgIpc) is 2.61. The summed E-state index contributed by atoms with van der Waals surface area (Å²) in [7, 11) is 0. The second kappa shape index (κ2) is 6.88. The van der Waals surface area contributed by atoms with Crippen molar-refractivity contribution in [3.63, 3.8) is 0 Å². The van der Waals surface area contributed by atoms with Gasteiger partial charge >= 0.3 is 0 Å². The van der Waals surface area contributed by atoms with Gasteiger partial charge in [0.1, 0.15) is 0 Å². The highest BCUT2D eigenvalue weighted by Crippen LogP contribution is 2.17. The fraction of sp³-hybridized carbons (Fsp3) is 0.375. The monoisotopic (exact) mass is 270 g/mol. The van der Waals surface area contributed by atoms with Crippen LogP contribution in [0.1, 0.15) is 36.8 Å². The van der Waals surface area contributed by atoms with Gasteiger partial charge in [0.25, 0.3) is 0 Å². The van der Waals surface area contributed by atoms with Gasteiger partial charge in [-0.1, -0.05) is 30.0 Å². The Labute approximate surface area is 118 Å². The van der Waals surface area contributed by atoms with Gasteiger partial charge in [0.05, 0.1) is 13.1 Å². The van der Waals surface area contributed by atoms with Gasteiger partial charge in [0.2, 0.25) is 11.8 Å². The van der Waals surface area contributed by atoms with Crippen LogP contribution in [-0.2, 0) is 16.1 Å². The topological polar surface area (TPSA) is 63.4 Å². The number of hydrogen-bond donors (Lipinski definition) is 1. The van der Waals surface area contributed by atoms with Crippen LogP contribution in [0.2, 0.25) is 0 Å². The highest BCUT2D eigenvalue weighted by Gasteiger charge is 2.24. The van der Waals surface area contributed by atoms with Gasteiger partial charge in [-0.2, -0.15) is 0 Å². The van der Waals surface area contributed by atoms with Crippen LogP contribution in [0.3, 0.4) is 0 Å². The first-order valence-electron chi connectivity index (χ1n) is 6.82. The summed E-state index contributed by atoms with van der Waals surface area (Å²) < 4.78 is 0. The van der Waals surface area contributed by atoms with Gasteiger partial charge in [-0.3, -0.25) is 14.5 Å². The molecule has 4 heteroatoms. The van der Waals surface area contributed by atoms with Gasteiger partial charge in [-0.05, 0) is 24.5 Å². The maximum absolute atomic E-state index is 12.0. The van der Waals surface area contributed by atoms with Crippen LogP contribution in [0.15, 0.2) is 24.3 Å². The lowest BCUT2D eigenvalue weighted by Gasteiger charge is -2.19. The summed E-state index contributed by atoms with van der Waals surface area (Å²) >= 11 is 0. The zero-order chi connectivity index (χ0) is 14.4. The number of carbonyl (C=O) groups excluding carboxylic acids is 2. The van der Waals surface area contributed by atoms with E-state index in [0.717, 1.165) is 24.0 Å². The summed E-state index contributed by atoms with van der Waals surface area (Å²) in [6, 6.07) is 7.54. The number of hydrogen-bond acceptors (Lipinski definition) is 3. The first-order chi connectivity index (χ1) is 9.72. The van der Waals surface area contributed by atoms with Gasteiger partial charge < -0.3 is 5.73 Å². The molecule has 0 saturated carbocycles.